The first-order valence-electron chi connectivity index (χ1n) is 12.4. The van der Waals surface area contributed by atoms with Crippen LogP contribution in [0.15, 0.2) is 18.2 Å². The molecule has 3 atom stereocenters. The molecule has 8 nitrogen and oxygen atoms in total. The van der Waals surface area contributed by atoms with E-state index in [1.807, 2.05) is 11.7 Å². The van der Waals surface area contributed by atoms with E-state index in [9.17, 15) is 9.59 Å². The minimum absolute atomic E-state index is 0.190. The third kappa shape index (κ3) is 4.38. The molecule has 2 amide bonds. The molecule has 1 unspecified atom stereocenters. The molecule has 1 aromatic carbocycles. The highest BCUT2D eigenvalue weighted by Gasteiger charge is 2.33. The Labute approximate surface area is 195 Å². The Morgan fingerprint density at radius 2 is 1.91 bits per heavy atom. The molecule has 33 heavy (non-hydrogen) atoms. The van der Waals surface area contributed by atoms with Crippen molar-refractivity contribution in [1.29, 1.82) is 0 Å². The van der Waals surface area contributed by atoms with Crippen LogP contribution in [0.3, 0.4) is 0 Å². The van der Waals surface area contributed by atoms with Crippen LogP contribution in [0, 0.1) is 5.92 Å². The molecule has 5 rings (SSSR count). The maximum Gasteiger partial charge on any atom is 0.235 e. The number of benzene rings is 1. The number of nitrogens with one attached hydrogen (secondary N) is 2. The molecule has 0 bridgehead atoms. The van der Waals surface area contributed by atoms with Crippen LogP contribution < -0.4 is 15.5 Å². The number of carbonyl (C=O) groups is 2. The summed E-state index contributed by atoms with van der Waals surface area (Å²) >= 11 is 0. The van der Waals surface area contributed by atoms with E-state index in [4.69, 9.17) is 5.10 Å². The van der Waals surface area contributed by atoms with E-state index in [2.05, 4.69) is 52.5 Å². The Morgan fingerprint density at radius 3 is 2.67 bits per heavy atom. The molecule has 0 radical (unpaired) electrons. The second-order valence-corrected chi connectivity index (χ2v) is 10.2. The van der Waals surface area contributed by atoms with E-state index in [0.717, 1.165) is 48.7 Å². The van der Waals surface area contributed by atoms with Gasteiger partial charge in [0.05, 0.1) is 22.8 Å². The largest absolute Gasteiger partial charge is 0.370 e. The second kappa shape index (κ2) is 9.06. The molecule has 1 aromatic heterocycles. The predicted molar refractivity (Wildman–Crippen MR) is 129 cm³/mol. The number of rotatable bonds is 4. The van der Waals surface area contributed by atoms with Crippen LogP contribution in [0.5, 0.6) is 0 Å². The van der Waals surface area contributed by atoms with Crippen molar-refractivity contribution in [3.8, 4) is 0 Å². The Balaban J connectivity index is 1.31. The fraction of sp³-hybridized carbons (Fsp3) is 0.640. The molecule has 3 aliphatic rings. The van der Waals surface area contributed by atoms with Crippen molar-refractivity contribution in [2.45, 2.75) is 57.5 Å². The highest BCUT2D eigenvalue weighted by atomic mass is 16.2. The fourth-order valence-electron chi connectivity index (χ4n) is 5.85. The number of fused-ring (bicyclic) bond motifs is 1. The van der Waals surface area contributed by atoms with Gasteiger partial charge in [-0.15, -0.1) is 0 Å². The summed E-state index contributed by atoms with van der Waals surface area (Å²) in [7, 11) is 1.96. The van der Waals surface area contributed by atoms with Crippen molar-refractivity contribution in [3.63, 3.8) is 0 Å². The lowest BCUT2D eigenvalue weighted by Crippen LogP contribution is -2.55. The lowest BCUT2D eigenvalue weighted by atomic mass is 9.92. The van der Waals surface area contributed by atoms with Gasteiger partial charge in [-0.25, -0.2) is 0 Å². The van der Waals surface area contributed by atoms with E-state index in [-0.39, 0.29) is 17.7 Å². The molecule has 4 heterocycles. The van der Waals surface area contributed by atoms with E-state index in [1.54, 1.807) is 0 Å². The minimum atomic E-state index is -0.365. The van der Waals surface area contributed by atoms with Gasteiger partial charge in [-0.3, -0.25) is 24.5 Å². The third-order valence-electron chi connectivity index (χ3n) is 7.78. The molecule has 0 aliphatic carbocycles. The van der Waals surface area contributed by atoms with E-state index in [0.29, 0.717) is 24.9 Å². The second-order valence-electron chi connectivity index (χ2n) is 10.2. The zero-order valence-electron chi connectivity index (χ0n) is 20.0. The van der Waals surface area contributed by atoms with Gasteiger partial charge in [0.1, 0.15) is 0 Å². The van der Waals surface area contributed by atoms with E-state index < -0.39 is 0 Å². The number of hydrogen-bond acceptors (Lipinski definition) is 6. The molecule has 2 N–H and O–H groups in total. The van der Waals surface area contributed by atoms with Gasteiger partial charge in [-0.2, -0.15) is 5.10 Å². The summed E-state index contributed by atoms with van der Waals surface area (Å²) in [6.45, 7) is 10.1. The number of hydrogen-bond donors (Lipinski definition) is 2. The van der Waals surface area contributed by atoms with Crippen molar-refractivity contribution in [2.75, 3.05) is 37.6 Å². The van der Waals surface area contributed by atoms with E-state index >= 15 is 0 Å². The predicted octanol–water partition coefficient (Wildman–Crippen LogP) is 1.99. The SMILES string of the molecule is C[C@@H]1CN[C@@H](C)CN1CC1CCN(c2cccc3c(C4CCC(=O)NC4=O)nn(C)c23)CC1. The number of amides is 2. The summed E-state index contributed by atoms with van der Waals surface area (Å²) in [5.41, 5.74) is 3.07. The summed E-state index contributed by atoms with van der Waals surface area (Å²) in [5, 5.41) is 11.8. The van der Waals surface area contributed by atoms with Crippen LogP contribution in [-0.4, -0.2) is 71.3 Å². The number of aryl methyl sites for hydroxylation is 1. The van der Waals surface area contributed by atoms with Crippen molar-refractivity contribution >= 4 is 28.4 Å². The monoisotopic (exact) mass is 452 g/mol. The summed E-state index contributed by atoms with van der Waals surface area (Å²) in [5.74, 6) is -0.0480. The Morgan fingerprint density at radius 1 is 1.12 bits per heavy atom. The standard InChI is InChI=1S/C25H36N6O2/c1-16-14-31(17(2)13-26-16)15-18-9-11-30(12-10-18)21-6-4-5-19-23(28-29(3)24(19)21)20-7-8-22(32)27-25(20)33/h4-6,16-18,20,26H,7-15H2,1-3H3,(H,27,32,33)/t16-,17+,20?/m0/s1. The zero-order valence-corrected chi connectivity index (χ0v) is 20.0. The van der Waals surface area contributed by atoms with Crippen molar-refractivity contribution in [1.82, 2.24) is 25.3 Å². The first-order valence-corrected chi connectivity index (χ1v) is 12.4. The summed E-state index contributed by atoms with van der Waals surface area (Å²) < 4.78 is 1.92. The van der Waals surface area contributed by atoms with Gasteiger partial charge in [0.2, 0.25) is 11.8 Å². The molecule has 8 heteroatoms. The number of piperazine rings is 1. The lowest BCUT2D eigenvalue weighted by molar-refractivity contribution is -0.134. The van der Waals surface area contributed by atoms with Crippen molar-refractivity contribution < 1.29 is 9.59 Å². The van der Waals surface area contributed by atoms with Crippen LogP contribution in [0.1, 0.15) is 51.1 Å². The molecule has 3 fully saturated rings. The minimum Gasteiger partial charge on any atom is -0.370 e. The van der Waals surface area contributed by atoms with Gasteiger partial charge < -0.3 is 10.2 Å². The Bertz CT molecular complexity index is 1040. The molecule has 0 saturated carbocycles. The number of anilines is 1. The lowest BCUT2D eigenvalue weighted by Gasteiger charge is -2.41. The Hall–Kier alpha value is -2.45. The van der Waals surface area contributed by atoms with Crippen LogP contribution in [0.25, 0.3) is 10.9 Å². The first-order chi connectivity index (χ1) is 15.9. The number of imide groups is 1. The summed E-state index contributed by atoms with van der Waals surface area (Å²) in [6.07, 6.45) is 3.28. The van der Waals surface area contributed by atoms with Gasteiger partial charge in [-0.05, 0) is 45.1 Å². The normalized spacial score (nSPS) is 27.8. The average Bonchev–Trinajstić information content (AvgIpc) is 3.13. The van der Waals surface area contributed by atoms with Gasteiger partial charge >= 0.3 is 0 Å². The average molecular weight is 453 g/mol. The van der Waals surface area contributed by atoms with Crippen molar-refractivity contribution in [3.05, 3.63) is 23.9 Å². The molecule has 2 aromatic rings. The van der Waals surface area contributed by atoms with Crippen LogP contribution >= 0.6 is 0 Å². The molecule has 0 spiro atoms. The van der Waals surface area contributed by atoms with E-state index in [1.165, 1.54) is 25.1 Å². The van der Waals surface area contributed by atoms with Gasteiger partial charge in [-0.1, -0.05) is 12.1 Å². The van der Waals surface area contributed by atoms with Crippen LogP contribution in [0.2, 0.25) is 0 Å². The van der Waals surface area contributed by atoms with Gasteiger partial charge in [0.15, 0.2) is 0 Å². The maximum absolute atomic E-state index is 12.5. The number of nitrogens with zero attached hydrogens (tertiary/aromatic N) is 4. The number of carbonyl (C=O) groups excluding carboxylic acids is 2. The smallest absolute Gasteiger partial charge is 0.235 e. The maximum atomic E-state index is 12.5. The highest BCUT2D eigenvalue weighted by molar-refractivity contribution is 6.03. The van der Waals surface area contributed by atoms with Crippen LogP contribution in [-0.2, 0) is 16.6 Å². The summed E-state index contributed by atoms with van der Waals surface area (Å²) in [6, 6.07) is 7.49. The Kier molecular flexibility index (Phi) is 6.14. The fourth-order valence-corrected chi connectivity index (χ4v) is 5.85. The molecule has 178 valence electrons. The number of aromatic nitrogens is 2. The molecular formula is C25H36N6O2. The first kappa shape index (κ1) is 22.3. The molecule has 3 saturated heterocycles. The van der Waals surface area contributed by atoms with Crippen molar-refractivity contribution in [2.24, 2.45) is 13.0 Å². The summed E-state index contributed by atoms with van der Waals surface area (Å²) in [4.78, 5) is 29.2. The van der Waals surface area contributed by atoms with Crippen LogP contribution in [0.4, 0.5) is 5.69 Å². The zero-order chi connectivity index (χ0) is 23.1. The number of para-hydroxylation sites is 1. The highest BCUT2D eigenvalue weighted by Crippen LogP contribution is 2.36. The molecule has 3 aliphatic heterocycles. The number of piperidine rings is 2. The quantitative estimate of drug-likeness (QED) is 0.691. The topological polar surface area (TPSA) is 82.5 Å². The molecular weight excluding hydrogens is 416 g/mol. The van der Waals surface area contributed by atoms with Gasteiger partial charge in [0.25, 0.3) is 0 Å². The van der Waals surface area contributed by atoms with Gasteiger partial charge in [0, 0.05) is 63.7 Å². The third-order valence-corrected chi connectivity index (χ3v) is 7.78.